The smallest absolute Gasteiger partial charge is 0.894 e. The fourth-order valence-electron chi connectivity index (χ4n) is 0. The Labute approximate surface area is 60.8 Å². The Morgan fingerprint density at radius 3 is 1.00 bits per heavy atom. The SMILES string of the molecule is FOF.[Ge+4].[O-][Si]([O-])([O-])[O-]. The van der Waals surface area contributed by atoms with E-state index in [9.17, 15) is 0 Å². The largest absolute Gasteiger partial charge is 4.00 e. The molecule has 52 valence electrons. The maximum Gasteiger partial charge on any atom is 4.00 e. The third-order valence-electron chi connectivity index (χ3n) is 0. The van der Waals surface area contributed by atoms with Gasteiger partial charge >= 0.3 is 17.6 Å². The minimum atomic E-state index is -5.61. The number of rotatable bonds is 0. The van der Waals surface area contributed by atoms with E-state index in [1.54, 1.807) is 0 Å². The van der Waals surface area contributed by atoms with Crippen LogP contribution in [-0.2, 0) is 5.15 Å². The molecule has 0 spiro atoms. The van der Waals surface area contributed by atoms with Gasteiger partial charge in [0, 0.05) is 5.15 Å². The third kappa shape index (κ3) is 1970. The fraction of sp³-hybridized carbons (Fsp3) is 0. The van der Waals surface area contributed by atoms with Gasteiger partial charge in [-0.3, -0.25) is 0 Å². The monoisotopic (exact) mass is 220 g/mol. The minimum absolute atomic E-state index is 0. The zero-order valence-electron chi connectivity index (χ0n) is 3.80. The van der Waals surface area contributed by atoms with E-state index in [4.69, 9.17) is 28.2 Å². The molecule has 0 atom stereocenters. The predicted octanol–water partition coefficient (Wildman–Crippen LogP) is -4.75. The molecule has 0 N–H and O–H groups in total. The topological polar surface area (TPSA) is 101 Å². The fourth-order valence-corrected chi connectivity index (χ4v) is 0. The Morgan fingerprint density at radius 1 is 1.00 bits per heavy atom. The summed E-state index contributed by atoms with van der Waals surface area (Å²) < 4.78 is 18.2. The molecule has 0 unspecified atom stereocenters. The Bertz CT molecular complexity index is 38.7. The molecule has 0 rings (SSSR count). The molecule has 5 nitrogen and oxygen atoms in total. The van der Waals surface area contributed by atoms with E-state index in [0.717, 1.165) is 0 Å². The van der Waals surface area contributed by atoms with Gasteiger partial charge in [0.1, 0.15) is 0 Å². The first-order valence-electron chi connectivity index (χ1n) is 1.13. The standard InChI is InChI=1S/F2O.Ge.O4Si/c1-3-2;;1-5(2,3)4/q;+4;-4. The molecule has 0 aliphatic heterocycles. The van der Waals surface area contributed by atoms with Crippen molar-refractivity contribution >= 4 is 26.6 Å². The van der Waals surface area contributed by atoms with Crippen molar-refractivity contribution in [2.45, 2.75) is 0 Å². The van der Waals surface area contributed by atoms with Crippen molar-refractivity contribution in [2.24, 2.45) is 0 Å². The molecule has 0 radical (unpaired) electrons. The van der Waals surface area contributed by atoms with E-state index in [1.165, 1.54) is 5.15 Å². The van der Waals surface area contributed by atoms with Gasteiger partial charge in [-0.25, -0.2) is 0 Å². The van der Waals surface area contributed by atoms with Gasteiger partial charge in [0.05, 0.1) is 0 Å². The Hall–Kier alpha value is 0.420. The van der Waals surface area contributed by atoms with E-state index < -0.39 is 9.05 Å². The van der Waals surface area contributed by atoms with Gasteiger partial charge in [-0.05, 0) is 9.05 Å². The average molecular weight is 219 g/mol. The summed E-state index contributed by atoms with van der Waals surface area (Å²) in [5.41, 5.74) is 0. The van der Waals surface area contributed by atoms with E-state index in [0.29, 0.717) is 0 Å². The molecular weight excluding hydrogens is 219 g/mol. The van der Waals surface area contributed by atoms with E-state index in [1.807, 2.05) is 0 Å². The van der Waals surface area contributed by atoms with Crippen LogP contribution >= 0.6 is 0 Å². The molecule has 0 fully saturated rings. The number of hydrogen-bond acceptors (Lipinski definition) is 5. The number of hydrogen-bond donors (Lipinski definition) is 0. The van der Waals surface area contributed by atoms with Crippen LogP contribution in [0, 0.1) is 0 Å². The zero-order valence-corrected chi connectivity index (χ0v) is 6.90. The first-order valence-corrected chi connectivity index (χ1v) is 2.76. The van der Waals surface area contributed by atoms with Crippen molar-refractivity contribution in [3.8, 4) is 0 Å². The second-order valence-electron chi connectivity index (χ2n) is 0.558. The molecule has 9 heteroatoms. The molecule has 0 amide bonds. The van der Waals surface area contributed by atoms with Crippen LogP contribution in [0.4, 0.5) is 9.05 Å². The average Bonchev–Trinajstić information content (AvgIpc) is 1.27. The zero-order chi connectivity index (χ0) is 7.21. The van der Waals surface area contributed by atoms with Gasteiger partial charge in [0.25, 0.3) is 0 Å². The van der Waals surface area contributed by atoms with Crippen molar-refractivity contribution in [1.82, 2.24) is 0 Å². The molecule has 0 heterocycles. The number of halogens is 2. The Balaban J connectivity index is -0.0000000800. The van der Waals surface area contributed by atoms with E-state index >= 15 is 0 Å². The summed E-state index contributed by atoms with van der Waals surface area (Å²) in [6.07, 6.45) is 0. The summed E-state index contributed by atoms with van der Waals surface area (Å²) in [5, 5.41) is 1.25. The molecule has 0 aromatic rings. The van der Waals surface area contributed by atoms with Crippen LogP contribution in [-0.4, -0.2) is 26.6 Å². The van der Waals surface area contributed by atoms with Gasteiger partial charge in [-0.15, -0.1) is 0 Å². The van der Waals surface area contributed by atoms with E-state index in [2.05, 4.69) is 0 Å². The third-order valence-corrected chi connectivity index (χ3v) is 0. The van der Waals surface area contributed by atoms with Crippen LogP contribution in [0.25, 0.3) is 0 Å². The van der Waals surface area contributed by atoms with Crippen LogP contribution in [0.5, 0.6) is 0 Å². The normalized spacial score (nSPS) is 8.67. The molecular formula is F2GeO5Si. The van der Waals surface area contributed by atoms with Gasteiger partial charge < -0.3 is 28.2 Å². The first kappa shape index (κ1) is 16.2. The summed E-state index contributed by atoms with van der Waals surface area (Å²) in [7, 11) is -5.61. The first-order chi connectivity index (χ1) is 3.41. The van der Waals surface area contributed by atoms with Gasteiger partial charge in [-0.2, -0.15) is 0 Å². The van der Waals surface area contributed by atoms with Crippen LogP contribution in [0.3, 0.4) is 0 Å². The Kier molecular flexibility index (Phi) is 15.2. The molecule has 0 aliphatic rings. The molecule has 0 bridgehead atoms. The summed E-state index contributed by atoms with van der Waals surface area (Å²) in [4.78, 5) is 34.3. The summed E-state index contributed by atoms with van der Waals surface area (Å²) >= 11 is 0. The molecule has 0 aromatic heterocycles. The van der Waals surface area contributed by atoms with Gasteiger partial charge in [0.15, 0.2) is 0 Å². The second kappa shape index (κ2) is 8.42. The summed E-state index contributed by atoms with van der Waals surface area (Å²) in [5.74, 6) is 0. The Morgan fingerprint density at radius 2 is 1.00 bits per heavy atom. The van der Waals surface area contributed by atoms with Gasteiger partial charge in [0.2, 0.25) is 0 Å². The van der Waals surface area contributed by atoms with Crippen molar-refractivity contribution in [3.05, 3.63) is 0 Å². The summed E-state index contributed by atoms with van der Waals surface area (Å²) in [6, 6.07) is 0. The van der Waals surface area contributed by atoms with Crippen LogP contribution in [0.1, 0.15) is 0 Å². The van der Waals surface area contributed by atoms with Crippen LogP contribution < -0.4 is 19.2 Å². The van der Waals surface area contributed by atoms with Crippen molar-refractivity contribution in [3.63, 3.8) is 0 Å². The quantitative estimate of drug-likeness (QED) is 0.380. The van der Waals surface area contributed by atoms with Crippen molar-refractivity contribution in [2.75, 3.05) is 0 Å². The maximum atomic E-state index is 9.12. The maximum absolute atomic E-state index is 9.12. The minimum Gasteiger partial charge on any atom is -0.894 e. The van der Waals surface area contributed by atoms with Crippen molar-refractivity contribution in [1.29, 1.82) is 0 Å². The van der Waals surface area contributed by atoms with Crippen LogP contribution in [0.2, 0.25) is 0 Å². The van der Waals surface area contributed by atoms with Crippen LogP contribution in [0.15, 0.2) is 0 Å². The molecule has 9 heavy (non-hydrogen) atoms. The molecule has 0 saturated heterocycles. The molecule has 0 aliphatic carbocycles. The second-order valence-corrected chi connectivity index (χ2v) is 1.56. The van der Waals surface area contributed by atoms with Crippen molar-refractivity contribution < 1.29 is 33.4 Å². The molecule has 0 saturated carbocycles. The van der Waals surface area contributed by atoms with Gasteiger partial charge in [-0.1, -0.05) is 0 Å². The predicted molar refractivity (Wildman–Crippen MR) is 14.8 cm³/mol. The van der Waals surface area contributed by atoms with E-state index in [-0.39, 0.29) is 17.6 Å². The molecule has 0 aromatic carbocycles. The summed E-state index contributed by atoms with van der Waals surface area (Å²) in [6.45, 7) is 0.